The van der Waals surface area contributed by atoms with Gasteiger partial charge in [0.25, 0.3) is 5.91 Å². The monoisotopic (exact) mass is 433 g/mol. The number of nitrogens with zero attached hydrogens (tertiary/aromatic N) is 4. The van der Waals surface area contributed by atoms with Gasteiger partial charge in [-0.15, -0.1) is 22.6 Å². The molecule has 2 aromatic rings. The van der Waals surface area contributed by atoms with E-state index in [9.17, 15) is 22.4 Å². The number of hydrogen-bond acceptors (Lipinski definition) is 4. The van der Waals surface area contributed by atoms with E-state index >= 15 is 0 Å². The smallest absolute Gasteiger partial charge is 0.339 e. The molecule has 0 aliphatic carbocycles. The Kier molecular flexibility index (Phi) is 6.13. The maximum absolute atomic E-state index is 14.3. The van der Waals surface area contributed by atoms with Gasteiger partial charge in [0.05, 0.1) is 17.7 Å². The number of nitrogens with one attached hydrogen (secondary N) is 1. The van der Waals surface area contributed by atoms with Crippen molar-refractivity contribution in [1.82, 2.24) is 25.0 Å². The minimum Gasteiger partial charge on any atom is -0.339 e. The lowest BCUT2D eigenvalue weighted by Gasteiger charge is -2.32. The molecular formula is C18H20ClF4N5O. The number of likely N-dealkylation sites (tertiary alicyclic amines) is 1. The summed E-state index contributed by atoms with van der Waals surface area (Å²) >= 11 is 0. The molecule has 2 aliphatic heterocycles. The number of rotatable bonds is 2. The highest BCUT2D eigenvalue weighted by Crippen LogP contribution is 2.33. The van der Waals surface area contributed by atoms with Crippen LogP contribution in [0, 0.1) is 5.82 Å². The van der Waals surface area contributed by atoms with Crippen molar-refractivity contribution >= 4 is 18.3 Å². The summed E-state index contributed by atoms with van der Waals surface area (Å²) in [6.45, 7) is 2.95. The van der Waals surface area contributed by atoms with Crippen LogP contribution in [0.15, 0.2) is 18.2 Å². The third-order valence-corrected chi connectivity index (χ3v) is 5.33. The molecule has 1 aromatic heterocycles. The van der Waals surface area contributed by atoms with Crippen LogP contribution in [0.2, 0.25) is 0 Å². The first-order valence-electron chi connectivity index (χ1n) is 9.14. The molecule has 0 bridgehead atoms. The van der Waals surface area contributed by atoms with Gasteiger partial charge in [0.2, 0.25) is 0 Å². The van der Waals surface area contributed by atoms with Crippen LogP contribution in [0.4, 0.5) is 17.6 Å². The number of carbonyl (C=O) groups excluding carboxylic acids is 1. The molecule has 1 aromatic carbocycles. The molecule has 1 amide bonds. The fourth-order valence-electron chi connectivity index (χ4n) is 3.84. The van der Waals surface area contributed by atoms with E-state index in [0.29, 0.717) is 38.5 Å². The van der Waals surface area contributed by atoms with Gasteiger partial charge >= 0.3 is 6.18 Å². The van der Waals surface area contributed by atoms with E-state index < -0.39 is 29.0 Å². The molecule has 1 fully saturated rings. The summed E-state index contributed by atoms with van der Waals surface area (Å²) in [6.07, 6.45) is -3.62. The predicted molar refractivity (Wildman–Crippen MR) is 98.3 cm³/mol. The van der Waals surface area contributed by atoms with Crippen LogP contribution in [0.3, 0.4) is 0 Å². The molecule has 0 radical (unpaired) electrons. The normalized spacial score (nSPS) is 17.6. The summed E-state index contributed by atoms with van der Waals surface area (Å²) in [5.74, 6) is -0.343. The van der Waals surface area contributed by atoms with E-state index in [0.717, 1.165) is 36.9 Å². The number of halogens is 5. The van der Waals surface area contributed by atoms with Crippen molar-refractivity contribution in [3.63, 3.8) is 0 Å². The Morgan fingerprint density at radius 3 is 2.55 bits per heavy atom. The van der Waals surface area contributed by atoms with Crippen LogP contribution >= 0.6 is 12.4 Å². The maximum Gasteiger partial charge on any atom is 0.419 e. The Hall–Kier alpha value is -2.20. The van der Waals surface area contributed by atoms with Gasteiger partial charge in [0.1, 0.15) is 17.5 Å². The summed E-state index contributed by atoms with van der Waals surface area (Å²) in [4.78, 5) is 14.0. The molecule has 6 nitrogen and oxygen atoms in total. The number of hydrogen-bond donors (Lipinski definition) is 1. The summed E-state index contributed by atoms with van der Waals surface area (Å²) in [5.41, 5.74) is -1.96. The molecule has 0 atom stereocenters. The second-order valence-corrected chi connectivity index (χ2v) is 7.03. The fraction of sp³-hybridized carbons (Fsp3) is 0.500. The first kappa shape index (κ1) is 21.5. The number of fused-ring (bicyclic) bond motifs is 1. The van der Waals surface area contributed by atoms with Crippen molar-refractivity contribution in [3.05, 3.63) is 46.8 Å². The van der Waals surface area contributed by atoms with Gasteiger partial charge in [-0.2, -0.15) is 13.2 Å². The zero-order valence-corrected chi connectivity index (χ0v) is 16.2. The highest BCUT2D eigenvalue weighted by atomic mass is 35.5. The molecule has 3 heterocycles. The van der Waals surface area contributed by atoms with E-state index in [4.69, 9.17) is 0 Å². The predicted octanol–water partition coefficient (Wildman–Crippen LogP) is 2.98. The average Bonchev–Trinajstić information content (AvgIpc) is 3.11. The Bertz CT molecular complexity index is 893. The quantitative estimate of drug-likeness (QED) is 0.740. The highest BCUT2D eigenvalue weighted by Gasteiger charge is 2.37. The molecule has 0 unspecified atom stereocenters. The Labute approximate surface area is 170 Å². The zero-order valence-electron chi connectivity index (χ0n) is 15.4. The summed E-state index contributed by atoms with van der Waals surface area (Å²) in [5, 5.41) is 11.7. The Morgan fingerprint density at radius 1 is 1.14 bits per heavy atom. The third kappa shape index (κ3) is 4.09. The van der Waals surface area contributed by atoms with Crippen molar-refractivity contribution < 1.29 is 22.4 Å². The van der Waals surface area contributed by atoms with Crippen molar-refractivity contribution in [1.29, 1.82) is 0 Å². The molecule has 1 N–H and O–H groups in total. The standard InChI is InChI=1S/C18H19F4N5O.ClH/c19-15-12(2-1-3-13(15)18(20,21)22)17(28)26-7-4-11(5-8-26)16-25-24-14-10-23-6-9-27(14)16;/h1-3,11,23H,4-10H2;1H. The summed E-state index contributed by atoms with van der Waals surface area (Å²) < 4.78 is 55.0. The van der Waals surface area contributed by atoms with Gasteiger partial charge in [0.15, 0.2) is 0 Å². The van der Waals surface area contributed by atoms with Crippen LogP contribution in [-0.2, 0) is 19.3 Å². The van der Waals surface area contributed by atoms with Crippen molar-refractivity contribution in [2.24, 2.45) is 0 Å². The molecule has 29 heavy (non-hydrogen) atoms. The van der Waals surface area contributed by atoms with Crippen molar-refractivity contribution in [2.75, 3.05) is 19.6 Å². The van der Waals surface area contributed by atoms with Gasteiger partial charge in [0, 0.05) is 32.1 Å². The van der Waals surface area contributed by atoms with E-state index in [1.54, 1.807) is 0 Å². The molecular weight excluding hydrogens is 414 g/mol. The lowest BCUT2D eigenvalue weighted by molar-refractivity contribution is -0.140. The second kappa shape index (κ2) is 8.27. The highest BCUT2D eigenvalue weighted by molar-refractivity contribution is 5.94. The molecule has 0 saturated carbocycles. The van der Waals surface area contributed by atoms with E-state index in [1.165, 1.54) is 4.90 Å². The van der Waals surface area contributed by atoms with Crippen LogP contribution in [0.5, 0.6) is 0 Å². The molecule has 158 valence electrons. The van der Waals surface area contributed by atoms with E-state index in [1.807, 2.05) is 0 Å². The molecule has 2 aliphatic rings. The van der Waals surface area contributed by atoms with Gasteiger partial charge in [-0.05, 0) is 25.0 Å². The number of piperidine rings is 1. The van der Waals surface area contributed by atoms with Crippen LogP contribution in [0.25, 0.3) is 0 Å². The SMILES string of the molecule is Cl.O=C(c1cccc(C(F)(F)F)c1F)N1CCC(c2nnc3n2CCNC3)CC1. The number of aromatic nitrogens is 3. The number of alkyl halides is 3. The van der Waals surface area contributed by atoms with Gasteiger partial charge in [-0.25, -0.2) is 4.39 Å². The van der Waals surface area contributed by atoms with Crippen molar-refractivity contribution in [2.45, 2.75) is 38.0 Å². The van der Waals surface area contributed by atoms with Crippen LogP contribution in [-0.4, -0.2) is 45.2 Å². The minimum absolute atomic E-state index is 0. The molecule has 11 heteroatoms. The van der Waals surface area contributed by atoms with E-state index in [-0.39, 0.29) is 18.3 Å². The van der Waals surface area contributed by atoms with Crippen molar-refractivity contribution in [3.8, 4) is 0 Å². The topological polar surface area (TPSA) is 63.1 Å². The molecule has 0 spiro atoms. The van der Waals surface area contributed by atoms with Gasteiger partial charge < -0.3 is 14.8 Å². The average molecular weight is 434 g/mol. The minimum atomic E-state index is -4.84. The number of amides is 1. The first-order chi connectivity index (χ1) is 13.4. The van der Waals surface area contributed by atoms with E-state index in [2.05, 4.69) is 20.1 Å². The molecule has 4 rings (SSSR count). The van der Waals surface area contributed by atoms with Gasteiger partial charge in [-0.3, -0.25) is 4.79 Å². The van der Waals surface area contributed by atoms with Crippen LogP contribution < -0.4 is 5.32 Å². The Morgan fingerprint density at radius 2 is 1.86 bits per heavy atom. The number of benzene rings is 1. The lowest BCUT2D eigenvalue weighted by atomic mass is 9.95. The zero-order chi connectivity index (χ0) is 19.9. The molecule has 1 saturated heterocycles. The maximum atomic E-state index is 14.3. The Balaban J connectivity index is 0.00000240. The lowest BCUT2D eigenvalue weighted by Crippen LogP contribution is -2.39. The third-order valence-electron chi connectivity index (χ3n) is 5.33. The number of carbonyl (C=O) groups is 1. The first-order valence-corrected chi connectivity index (χ1v) is 9.14. The largest absolute Gasteiger partial charge is 0.419 e. The fourth-order valence-corrected chi connectivity index (χ4v) is 3.84. The van der Waals surface area contributed by atoms with Crippen LogP contribution in [0.1, 0.15) is 46.3 Å². The summed E-state index contributed by atoms with van der Waals surface area (Å²) in [6, 6.07) is 2.80. The van der Waals surface area contributed by atoms with Gasteiger partial charge in [-0.1, -0.05) is 6.07 Å². The second-order valence-electron chi connectivity index (χ2n) is 7.03. The summed E-state index contributed by atoms with van der Waals surface area (Å²) in [7, 11) is 0.